The standard InChI is InChI=1S/C14H30O2Si/c1-10(2)7-14(8-11(3)4,9-12(5)6)13(15)16-17/h10-12H,7-9H2,1-6,17H3. The van der Waals surface area contributed by atoms with Gasteiger partial charge in [0.15, 0.2) is 0 Å². The van der Waals surface area contributed by atoms with Crippen molar-refractivity contribution in [2.24, 2.45) is 23.2 Å². The van der Waals surface area contributed by atoms with Gasteiger partial charge in [0.2, 0.25) is 10.5 Å². The summed E-state index contributed by atoms with van der Waals surface area (Å²) in [5.74, 6) is 1.65. The van der Waals surface area contributed by atoms with Crippen LogP contribution in [0.2, 0.25) is 0 Å². The van der Waals surface area contributed by atoms with Crippen molar-refractivity contribution < 1.29 is 9.22 Å². The van der Waals surface area contributed by atoms with Crippen LogP contribution in [0.1, 0.15) is 60.8 Å². The Kier molecular flexibility index (Phi) is 7.06. The van der Waals surface area contributed by atoms with Crippen LogP contribution >= 0.6 is 0 Å². The Morgan fingerprint density at radius 2 is 1.24 bits per heavy atom. The van der Waals surface area contributed by atoms with Crippen molar-refractivity contribution in [3.05, 3.63) is 0 Å². The summed E-state index contributed by atoms with van der Waals surface area (Å²) in [5, 5.41) is 0. The first-order valence-electron chi connectivity index (χ1n) is 6.82. The van der Waals surface area contributed by atoms with Crippen LogP contribution in [0.25, 0.3) is 0 Å². The Bertz CT molecular complexity index is 208. The zero-order chi connectivity index (χ0) is 13.6. The van der Waals surface area contributed by atoms with Gasteiger partial charge in [0.1, 0.15) is 0 Å². The predicted molar refractivity (Wildman–Crippen MR) is 76.8 cm³/mol. The molecule has 0 aliphatic rings. The molecular weight excluding hydrogens is 228 g/mol. The molecule has 0 aliphatic carbocycles. The second-order valence-corrected chi connectivity index (χ2v) is 6.97. The van der Waals surface area contributed by atoms with Gasteiger partial charge in [0.25, 0.3) is 5.97 Å². The van der Waals surface area contributed by atoms with E-state index in [1.54, 1.807) is 0 Å². The first-order chi connectivity index (χ1) is 7.73. The number of rotatable bonds is 7. The molecule has 0 fully saturated rings. The maximum atomic E-state index is 12.3. The van der Waals surface area contributed by atoms with Crippen molar-refractivity contribution in [2.45, 2.75) is 60.8 Å². The molecule has 0 bridgehead atoms. The molecule has 0 atom stereocenters. The van der Waals surface area contributed by atoms with E-state index in [0.717, 1.165) is 19.3 Å². The van der Waals surface area contributed by atoms with E-state index in [0.29, 0.717) is 28.2 Å². The lowest BCUT2D eigenvalue weighted by Crippen LogP contribution is -2.37. The monoisotopic (exact) mass is 258 g/mol. The Labute approximate surface area is 110 Å². The predicted octanol–water partition coefficient (Wildman–Crippen LogP) is 2.93. The van der Waals surface area contributed by atoms with Crippen molar-refractivity contribution in [1.29, 1.82) is 0 Å². The van der Waals surface area contributed by atoms with Crippen LogP contribution in [-0.4, -0.2) is 16.5 Å². The average Bonchev–Trinajstić information content (AvgIpc) is 2.12. The molecule has 3 heteroatoms. The SMILES string of the molecule is CC(C)CC(CC(C)C)(CC(C)C)C(=O)O[SiH3]. The van der Waals surface area contributed by atoms with Gasteiger partial charge in [-0.3, -0.25) is 4.79 Å². The summed E-state index contributed by atoms with van der Waals surface area (Å²) >= 11 is 0. The highest BCUT2D eigenvalue weighted by molar-refractivity contribution is 6.06. The molecule has 0 saturated carbocycles. The van der Waals surface area contributed by atoms with Gasteiger partial charge in [-0.2, -0.15) is 0 Å². The van der Waals surface area contributed by atoms with Crippen molar-refractivity contribution >= 4 is 16.5 Å². The molecule has 0 aromatic carbocycles. The van der Waals surface area contributed by atoms with Crippen LogP contribution in [0.4, 0.5) is 0 Å². The highest BCUT2D eigenvalue weighted by Gasteiger charge is 2.40. The van der Waals surface area contributed by atoms with E-state index < -0.39 is 0 Å². The molecule has 17 heavy (non-hydrogen) atoms. The molecule has 0 aromatic heterocycles. The van der Waals surface area contributed by atoms with E-state index in [-0.39, 0.29) is 11.4 Å². The first kappa shape index (κ1) is 16.7. The first-order valence-corrected chi connectivity index (χ1v) is 7.63. The molecule has 0 aromatic rings. The third-order valence-electron chi connectivity index (χ3n) is 3.02. The van der Waals surface area contributed by atoms with Crippen molar-refractivity contribution in [3.63, 3.8) is 0 Å². The summed E-state index contributed by atoms with van der Waals surface area (Å²) < 4.78 is 5.22. The van der Waals surface area contributed by atoms with Gasteiger partial charge >= 0.3 is 0 Å². The average molecular weight is 258 g/mol. The fraction of sp³-hybridized carbons (Fsp3) is 0.929. The van der Waals surface area contributed by atoms with Crippen LogP contribution in [0.3, 0.4) is 0 Å². The summed E-state index contributed by atoms with van der Waals surface area (Å²) in [6.45, 7) is 13.1. The Morgan fingerprint density at radius 1 is 0.941 bits per heavy atom. The van der Waals surface area contributed by atoms with E-state index in [9.17, 15) is 4.79 Å². The van der Waals surface area contributed by atoms with Crippen LogP contribution < -0.4 is 0 Å². The van der Waals surface area contributed by atoms with Crippen LogP contribution in [0.15, 0.2) is 0 Å². The third kappa shape index (κ3) is 5.71. The molecule has 0 N–H and O–H groups in total. The van der Waals surface area contributed by atoms with Crippen LogP contribution in [-0.2, 0) is 9.22 Å². The molecule has 0 aliphatic heterocycles. The molecule has 0 spiro atoms. The molecule has 0 radical (unpaired) electrons. The maximum Gasteiger partial charge on any atom is 0.298 e. The van der Waals surface area contributed by atoms with E-state index in [1.165, 1.54) is 0 Å². The number of hydrogen-bond donors (Lipinski definition) is 0. The Hall–Kier alpha value is -0.313. The zero-order valence-corrected chi connectivity index (χ0v) is 14.7. The lowest BCUT2D eigenvalue weighted by molar-refractivity contribution is -0.149. The quantitative estimate of drug-likeness (QED) is 0.656. The largest absolute Gasteiger partial charge is 0.528 e. The number of carbonyl (C=O) groups excluding carboxylic acids is 1. The molecule has 0 unspecified atom stereocenters. The van der Waals surface area contributed by atoms with Gasteiger partial charge in [-0.15, -0.1) is 0 Å². The molecule has 0 heterocycles. The molecule has 0 rings (SSSR count). The highest BCUT2D eigenvalue weighted by atomic mass is 28.2. The van der Waals surface area contributed by atoms with Crippen molar-refractivity contribution in [2.75, 3.05) is 0 Å². The summed E-state index contributed by atoms with van der Waals surface area (Å²) in [6.07, 6.45) is 2.85. The summed E-state index contributed by atoms with van der Waals surface area (Å²) in [5.41, 5.74) is -0.252. The van der Waals surface area contributed by atoms with Crippen LogP contribution in [0, 0.1) is 23.2 Å². The van der Waals surface area contributed by atoms with Gasteiger partial charge in [-0.1, -0.05) is 41.5 Å². The van der Waals surface area contributed by atoms with E-state index in [2.05, 4.69) is 41.5 Å². The zero-order valence-electron chi connectivity index (χ0n) is 12.7. The minimum Gasteiger partial charge on any atom is -0.528 e. The summed E-state index contributed by atoms with van der Waals surface area (Å²) in [4.78, 5) is 12.3. The number of carbonyl (C=O) groups is 1. The second-order valence-electron chi connectivity index (χ2n) is 6.57. The molecule has 0 saturated heterocycles. The molecule has 102 valence electrons. The maximum absolute atomic E-state index is 12.3. The lowest BCUT2D eigenvalue weighted by atomic mass is 9.69. The van der Waals surface area contributed by atoms with Crippen LogP contribution in [0.5, 0.6) is 0 Å². The minimum atomic E-state index is -0.252. The molecule has 2 nitrogen and oxygen atoms in total. The van der Waals surface area contributed by atoms with Gasteiger partial charge in [-0.05, 0) is 37.0 Å². The molecular formula is C14H30O2Si. The van der Waals surface area contributed by atoms with E-state index in [4.69, 9.17) is 4.43 Å². The fourth-order valence-corrected chi connectivity index (χ4v) is 3.49. The Morgan fingerprint density at radius 3 is 1.41 bits per heavy atom. The fourth-order valence-electron chi connectivity index (χ4n) is 3.06. The van der Waals surface area contributed by atoms with Crippen molar-refractivity contribution in [1.82, 2.24) is 0 Å². The lowest BCUT2D eigenvalue weighted by Gasteiger charge is -2.36. The minimum absolute atomic E-state index is 0.0419. The second kappa shape index (κ2) is 7.19. The highest BCUT2D eigenvalue weighted by Crippen LogP contribution is 2.40. The van der Waals surface area contributed by atoms with Gasteiger partial charge in [0.05, 0.1) is 5.41 Å². The normalized spacial score (nSPS) is 12.8. The smallest absolute Gasteiger partial charge is 0.298 e. The van der Waals surface area contributed by atoms with Gasteiger partial charge in [-0.25, -0.2) is 0 Å². The van der Waals surface area contributed by atoms with Gasteiger partial charge in [0, 0.05) is 0 Å². The summed E-state index contributed by atoms with van der Waals surface area (Å²) in [7, 11) is 0.505. The van der Waals surface area contributed by atoms with E-state index in [1.807, 2.05) is 0 Å². The van der Waals surface area contributed by atoms with E-state index >= 15 is 0 Å². The number of hydrogen-bond acceptors (Lipinski definition) is 2. The Balaban J connectivity index is 5.11. The molecule has 0 amide bonds. The topological polar surface area (TPSA) is 26.3 Å². The third-order valence-corrected chi connectivity index (χ3v) is 3.39. The van der Waals surface area contributed by atoms with Gasteiger partial charge < -0.3 is 4.43 Å². The van der Waals surface area contributed by atoms with Crippen molar-refractivity contribution in [3.8, 4) is 0 Å². The summed E-state index contributed by atoms with van der Waals surface area (Å²) in [6, 6.07) is 0.